The number of hydrogen-bond donors (Lipinski definition) is 2. The molecule has 0 bridgehead atoms. The minimum absolute atomic E-state index is 0.0663. The quantitative estimate of drug-likeness (QED) is 0.795. The second kappa shape index (κ2) is 8.36. The van der Waals surface area contributed by atoms with Gasteiger partial charge in [0, 0.05) is 36.8 Å². The third-order valence-corrected chi connectivity index (χ3v) is 4.36. The van der Waals surface area contributed by atoms with Crippen molar-refractivity contribution >= 4 is 17.5 Å². The lowest BCUT2D eigenvalue weighted by Crippen LogP contribution is -3.11. The van der Waals surface area contributed by atoms with Gasteiger partial charge in [0.1, 0.15) is 6.54 Å². The van der Waals surface area contributed by atoms with Crippen molar-refractivity contribution in [3.63, 3.8) is 0 Å². The third kappa shape index (κ3) is 5.59. The Balaban J connectivity index is 1.92. The zero-order valence-corrected chi connectivity index (χ0v) is 16.7. The Morgan fingerprint density at radius 1 is 1.23 bits per heavy atom. The minimum Gasteiger partial charge on any atom is -0.378 e. The molecule has 0 fully saturated rings. The van der Waals surface area contributed by atoms with Crippen molar-refractivity contribution in [1.29, 1.82) is 0 Å². The Morgan fingerprint density at radius 2 is 1.88 bits per heavy atom. The van der Waals surface area contributed by atoms with Crippen LogP contribution < -0.4 is 15.1 Å². The Bertz CT molecular complexity index is 714. The van der Waals surface area contributed by atoms with E-state index in [-0.39, 0.29) is 11.3 Å². The van der Waals surface area contributed by atoms with Crippen molar-refractivity contribution in [3.8, 4) is 0 Å². The van der Waals surface area contributed by atoms with E-state index in [0.717, 1.165) is 18.8 Å². The van der Waals surface area contributed by atoms with Crippen LogP contribution in [-0.2, 0) is 16.8 Å². The predicted octanol–water partition coefficient (Wildman–Crippen LogP) is 2.08. The second-order valence-corrected chi connectivity index (χ2v) is 7.89. The predicted molar refractivity (Wildman–Crippen MR) is 105 cm³/mol. The zero-order chi connectivity index (χ0) is 19.3. The first-order valence-corrected chi connectivity index (χ1v) is 9.06. The topological polar surface area (TPSA) is 62.8 Å². The van der Waals surface area contributed by atoms with Gasteiger partial charge >= 0.3 is 0 Å². The SMILES string of the molecule is CC[NH+](CC(=O)Nc1cc(C(C)(C)C)no1)Cc1ccc(N(C)C)cc1. The first-order chi connectivity index (χ1) is 12.2. The van der Waals surface area contributed by atoms with Gasteiger partial charge in [-0.05, 0) is 19.1 Å². The Hall–Kier alpha value is -2.34. The molecule has 0 aliphatic rings. The van der Waals surface area contributed by atoms with Crippen LogP contribution in [-0.4, -0.2) is 38.2 Å². The lowest BCUT2D eigenvalue weighted by atomic mass is 9.92. The van der Waals surface area contributed by atoms with Crippen molar-refractivity contribution in [3.05, 3.63) is 41.6 Å². The molecule has 2 N–H and O–H groups in total. The second-order valence-electron chi connectivity index (χ2n) is 7.89. The summed E-state index contributed by atoms with van der Waals surface area (Å²) in [5, 5.41) is 6.84. The monoisotopic (exact) mass is 359 g/mol. The summed E-state index contributed by atoms with van der Waals surface area (Å²) in [5.74, 6) is 0.342. The highest BCUT2D eigenvalue weighted by molar-refractivity contribution is 5.90. The van der Waals surface area contributed by atoms with Gasteiger partial charge in [0.05, 0.1) is 12.2 Å². The molecule has 6 heteroatoms. The number of aromatic nitrogens is 1. The number of carbonyl (C=O) groups excluding carboxylic acids is 1. The Kier molecular flexibility index (Phi) is 6.42. The molecule has 0 radical (unpaired) electrons. The highest BCUT2D eigenvalue weighted by atomic mass is 16.5. The summed E-state index contributed by atoms with van der Waals surface area (Å²) in [4.78, 5) is 15.6. The lowest BCUT2D eigenvalue weighted by Gasteiger charge is -2.18. The van der Waals surface area contributed by atoms with Crippen molar-refractivity contribution < 1.29 is 14.2 Å². The summed E-state index contributed by atoms with van der Waals surface area (Å²) in [5.41, 5.74) is 3.11. The number of rotatable bonds is 7. The van der Waals surface area contributed by atoms with E-state index in [1.807, 2.05) is 14.1 Å². The van der Waals surface area contributed by atoms with Gasteiger partial charge in [-0.3, -0.25) is 10.1 Å². The van der Waals surface area contributed by atoms with Crippen LogP contribution in [0.5, 0.6) is 0 Å². The molecule has 142 valence electrons. The highest BCUT2D eigenvalue weighted by Gasteiger charge is 2.21. The number of hydrogen-bond acceptors (Lipinski definition) is 4. The van der Waals surface area contributed by atoms with E-state index in [1.54, 1.807) is 6.07 Å². The molecule has 0 aliphatic carbocycles. The average molecular weight is 359 g/mol. The average Bonchev–Trinajstić information content (AvgIpc) is 3.03. The standard InChI is InChI=1S/C20H30N4O2/c1-7-24(13-15-8-10-16(11-9-15)23(5)6)14-18(25)21-19-12-17(22-26-19)20(2,3)4/h8-12H,7,13-14H2,1-6H3,(H,21,25)/p+1. The molecule has 0 spiro atoms. The van der Waals surface area contributed by atoms with Gasteiger partial charge in [-0.1, -0.05) is 38.1 Å². The molecule has 0 saturated heterocycles. The van der Waals surface area contributed by atoms with Crippen LogP contribution in [0.25, 0.3) is 0 Å². The number of anilines is 2. The molecule has 1 atom stereocenters. The maximum Gasteiger partial charge on any atom is 0.281 e. The van der Waals surface area contributed by atoms with E-state index in [2.05, 4.69) is 67.3 Å². The first kappa shape index (κ1) is 20.0. The van der Waals surface area contributed by atoms with Crippen molar-refractivity contribution in [1.82, 2.24) is 5.16 Å². The van der Waals surface area contributed by atoms with Crippen LogP contribution in [0, 0.1) is 0 Å². The first-order valence-electron chi connectivity index (χ1n) is 9.06. The van der Waals surface area contributed by atoms with E-state index in [9.17, 15) is 4.79 Å². The minimum atomic E-state index is -0.105. The van der Waals surface area contributed by atoms with Gasteiger partial charge in [0.15, 0.2) is 6.54 Å². The number of likely N-dealkylation sites (N-methyl/N-ethyl adjacent to an activating group) is 1. The van der Waals surface area contributed by atoms with E-state index in [4.69, 9.17) is 4.52 Å². The van der Waals surface area contributed by atoms with Crippen LogP contribution in [0.15, 0.2) is 34.9 Å². The number of quaternary nitrogens is 1. The number of nitrogens with one attached hydrogen (secondary N) is 2. The van der Waals surface area contributed by atoms with Gasteiger partial charge < -0.3 is 14.3 Å². The van der Waals surface area contributed by atoms with Gasteiger partial charge in [0.2, 0.25) is 5.88 Å². The smallest absolute Gasteiger partial charge is 0.281 e. The summed E-state index contributed by atoms with van der Waals surface area (Å²) < 4.78 is 5.24. The number of amides is 1. The van der Waals surface area contributed by atoms with Crippen molar-refractivity contribution in [2.75, 3.05) is 37.4 Å². The molecule has 1 aromatic heterocycles. The molecule has 1 aromatic carbocycles. The van der Waals surface area contributed by atoms with Gasteiger partial charge in [-0.25, -0.2) is 0 Å². The Morgan fingerprint density at radius 3 is 2.38 bits per heavy atom. The van der Waals surface area contributed by atoms with Crippen molar-refractivity contribution in [2.24, 2.45) is 0 Å². The van der Waals surface area contributed by atoms with E-state index in [1.165, 1.54) is 16.2 Å². The fourth-order valence-electron chi connectivity index (χ4n) is 2.61. The van der Waals surface area contributed by atoms with Gasteiger partial charge in [0.25, 0.3) is 5.91 Å². The number of carbonyl (C=O) groups is 1. The van der Waals surface area contributed by atoms with E-state index < -0.39 is 0 Å². The highest BCUT2D eigenvalue weighted by Crippen LogP contribution is 2.23. The fourth-order valence-corrected chi connectivity index (χ4v) is 2.61. The molecule has 1 heterocycles. The Labute approximate surface area is 156 Å². The molecule has 1 amide bonds. The number of benzene rings is 1. The molecule has 0 saturated carbocycles. The van der Waals surface area contributed by atoms with E-state index >= 15 is 0 Å². The molecule has 0 aliphatic heterocycles. The molecule has 26 heavy (non-hydrogen) atoms. The van der Waals surface area contributed by atoms with Crippen LogP contribution in [0.2, 0.25) is 0 Å². The maximum absolute atomic E-state index is 12.3. The molecule has 1 unspecified atom stereocenters. The summed E-state index contributed by atoms with van der Waals surface area (Å²) in [6.07, 6.45) is 0. The molecule has 2 aromatic rings. The summed E-state index contributed by atoms with van der Waals surface area (Å²) in [7, 11) is 4.05. The maximum atomic E-state index is 12.3. The normalized spacial score (nSPS) is 12.7. The van der Waals surface area contributed by atoms with Gasteiger partial charge in [-0.2, -0.15) is 0 Å². The lowest BCUT2D eigenvalue weighted by molar-refractivity contribution is -0.903. The summed E-state index contributed by atoms with van der Waals surface area (Å²) in [6, 6.07) is 10.2. The fraction of sp³-hybridized carbons (Fsp3) is 0.500. The van der Waals surface area contributed by atoms with Crippen LogP contribution >= 0.6 is 0 Å². The molecular weight excluding hydrogens is 328 g/mol. The van der Waals surface area contributed by atoms with Crippen molar-refractivity contribution in [2.45, 2.75) is 39.7 Å². The molecule has 6 nitrogen and oxygen atoms in total. The summed E-state index contributed by atoms with van der Waals surface area (Å²) >= 11 is 0. The van der Waals surface area contributed by atoms with Crippen LogP contribution in [0.4, 0.5) is 11.6 Å². The zero-order valence-electron chi connectivity index (χ0n) is 16.7. The molecule has 2 rings (SSSR count). The van der Waals surface area contributed by atoms with Crippen LogP contribution in [0.3, 0.4) is 0 Å². The van der Waals surface area contributed by atoms with Crippen LogP contribution in [0.1, 0.15) is 39.0 Å². The van der Waals surface area contributed by atoms with Gasteiger partial charge in [-0.15, -0.1) is 0 Å². The number of nitrogens with zero attached hydrogens (tertiary/aromatic N) is 2. The molecular formula is C20H31N4O2+. The van der Waals surface area contributed by atoms with E-state index in [0.29, 0.717) is 12.4 Å². The third-order valence-electron chi connectivity index (χ3n) is 4.36. The summed E-state index contributed by atoms with van der Waals surface area (Å²) in [6.45, 7) is 10.3. The largest absolute Gasteiger partial charge is 0.378 e.